The quantitative estimate of drug-likeness (QED) is 0.552. The van der Waals surface area contributed by atoms with Crippen LogP contribution in [-0.4, -0.2) is 49.8 Å². The second kappa shape index (κ2) is 9.22. The van der Waals surface area contributed by atoms with Crippen molar-refractivity contribution >= 4 is 23.5 Å². The Morgan fingerprint density at radius 2 is 1.71 bits per heavy atom. The molecule has 2 fully saturated rings. The molecular formula is C26H30N2O7. The van der Waals surface area contributed by atoms with E-state index < -0.39 is 41.2 Å². The molecule has 2 aromatic carbocycles. The van der Waals surface area contributed by atoms with Gasteiger partial charge in [0.1, 0.15) is 22.8 Å². The number of aliphatic carboxylic acids is 1. The van der Waals surface area contributed by atoms with Crippen molar-refractivity contribution in [1.29, 1.82) is 0 Å². The maximum Gasteiger partial charge on any atom is 0.324 e. The van der Waals surface area contributed by atoms with Crippen LogP contribution in [0.1, 0.15) is 31.9 Å². The van der Waals surface area contributed by atoms with Crippen molar-refractivity contribution in [3.63, 3.8) is 0 Å². The summed E-state index contributed by atoms with van der Waals surface area (Å²) in [6.07, 6.45) is 0.164. The monoisotopic (exact) mass is 482 g/mol. The summed E-state index contributed by atoms with van der Waals surface area (Å²) in [5.41, 5.74) is -0.764. The molecule has 35 heavy (non-hydrogen) atoms. The summed E-state index contributed by atoms with van der Waals surface area (Å²) in [7, 11) is 4.48. The summed E-state index contributed by atoms with van der Waals surface area (Å²) < 4.78 is 16.3. The molecule has 2 amide bonds. The van der Waals surface area contributed by atoms with Crippen LogP contribution in [0.25, 0.3) is 0 Å². The maximum atomic E-state index is 13.9. The van der Waals surface area contributed by atoms with Crippen LogP contribution in [0.2, 0.25) is 0 Å². The molecule has 4 unspecified atom stereocenters. The van der Waals surface area contributed by atoms with Crippen LogP contribution in [0, 0.1) is 17.8 Å². The molecule has 2 aromatic rings. The van der Waals surface area contributed by atoms with Crippen molar-refractivity contribution in [2.24, 2.45) is 17.8 Å². The van der Waals surface area contributed by atoms with Gasteiger partial charge in [0.25, 0.3) is 0 Å². The molecule has 0 aromatic heterocycles. The summed E-state index contributed by atoms with van der Waals surface area (Å²) in [4.78, 5) is 41.7. The number of para-hydroxylation sites is 2. The van der Waals surface area contributed by atoms with Gasteiger partial charge in [-0.3, -0.25) is 19.7 Å². The van der Waals surface area contributed by atoms with E-state index >= 15 is 0 Å². The molecular weight excluding hydrogens is 452 g/mol. The molecule has 186 valence electrons. The summed E-state index contributed by atoms with van der Waals surface area (Å²) in [5, 5.41) is 13.7. The summed E-state index contributed by atoms with van der Waals surface area (Å²) in [6, 6.07) is 11.1. The summed E-state index contributed by atoms with van der Waals surface area (Å²) >= 11 is 0. The van der Waals surface area contributed by atoms with Crippen LogP contribution >= 0.6 is 0 Å². The lowest BCUT2D eigenvalue weighted by atomic mass is 9.75. The third-order valence-electron chi connectivity index (χ3n) is 6.87. The number of hydrogen-bond donors (Lipinski definition) is 2. The van der Waals surface area contributed by atoms with Gasteiger partial charge >= 0.3 is 5.97 Å². The van der Waals surface area contributed by atoms with Crippen LogP contribution in [0.15, 0.2) is 42.5 Å². The Hall–Kier alpha value is -3.59. The number of methoxy groups -OCH3 is 3. The van der Waals surface area contributed by atoms with E-state index in [1.165, 1.54) is 21.3 Å². The van der Waals surface area contributed by atoms with Crippen molar-refractivity contribution in [2.45, 2.75) is 31.8 Å². The number of carboxylic acids is 1. The second-order valence-corrected chi connectivity index (χ2v) is 9.29. The lowest BCUT2D eigenvalue weighted by Crippen LogP contribution is -2.56. The average molecular weight is 483 g/mol. The fourth-order valence-electron chi connectivity index (χ4n) is 5.51. The number of hydrogen-bond acceptors (Lipinski definition) is 7. The Labute approximate surface area is 204 Å². The highest BCUT2D eigenvalue weighted by Gasteiger charge is 2.69. The van der Waals surface area contributed by atoms with Gasteiger partial charge < -0.3 is 19.3 Å². The molecule has 0 bridgehead atoms. The minimum atomic E-state index is -1.64. The number of amides is 2. The van der Waals surface area contributed by atoms with E-state index in [-0.39, 0.29) is 12.3 Å². The van der Waals surface area contributed by atoms with Gasteiger partial charge in [0, 0.05) is 17.7 Å². The molecule has 4 rings (SSSR count). The Balaban J connectivity index is 1.91. The summed E-state index contributed by atoms with van der Waals surface area (Å²) in [6.45, 7) is 3.78. The molecule has 2 N–H and O–H groups in total. The Bertz CT molecular complexity index is 1160. The molecule has 2 aliphatic rings. The number of anilines is 1. The molecule has 9 nitrogen and oxygen atoms in total. The zero-order valence-electron chi connectivity index (χ0n) is 20.4. The molecule has 4 atom stereocenters. The minimum Gasteiger partial charge on any atom is -0.497 e. The van der Waals surface area contributed by atoms with Crippen molar-refractivity contribution in [1.82, 2.24) is 5.32 Å². The zero-order chi connectivity index (χ0) is 25.5. The van der Waals surface area contributed by atoms with E-state index in [1.807, 2.05) is 13.8 Å². The molecule has 0 radical (unpaired) electrons. The van der Waals surface area contributed by atoms with Crippen molar-refractivity contribution in [3.8, 4) is 17.2 Å². The van der Waals surface area contributed by atoms with E-state index in [0.29, 0.717) is 28.5 Å². The summed E-state index contributed by atoms with van der Waals surface area (Å²) in [5.74, 6) is -3.00. The third-order valence-corrected chi connectivity index (χ3v) is 6.87. The Morgan fingerprint density at radius 1 is 1.03 bits per heavy atom. The molecule has 2 aliphatic heterocycles. The number of imide groups is 1. The zero-order valence-corrected chi connectivity index (χ0v) is 20.4. The molecule has 9 heteroatoms. The van der Waals surface area contributed by atoms with Crippen LogP contribution in [0.3, 0.4) is 0 Å². The van der Waals surface area contributed by atoms with E-state index in [4.69, 9.17) is 14.2 Å². The number of carbonyl (C=O) groups is 3. The standard InChI is InChI=1S/C26H30N2O7/c1-14(2)13-26(25(31)32)21-20(22(27-26)16-11-10-15(33-3)12-19(16)35-5)23(29)28(24(21)30)17-8-6-7-9-18(17)34-4/h6-12,14,20-22,27H,13H2,1-5H3,(H,31,32). The average Bonchev–Trinajstić information content (AvgIpc) is 3.32. The number of nitrogens with zero attached hydrogens (tertiary/aromatic N) is 1. The first-order valence-corrected chi connectivity index (χ1v) is 11.4. The topological polar surface area (TPSA) is 114 Å². The fourth-order valence-corrected chi connectivity index (χ4v) is 5.51. The predicted octanol–water partition coefficient (Wildman–Crippen LogP) is 3.03. The normalized spacial score (nSPS) is 25.7. The second-order valence-electron chi connectivity index (χ2n) is 9.29. The number of nitrogens with one attached hydrogen (secondary N) is 1. The number of carbonyl (C=O) groups excluding carboxylic acids is 2. The lowest BCUT2D eigenvalue weighted by Gasteiger charge is -2.33. The number of ether oxygens (including phenoxy) is 3. The first kappa shape index (κ1) is 24.5. The first-order valence-electron chi connectivity index (χ1n) is 11.4. The highest BCUT2D eigenvalue weighted by Crippen LogP contribution is 2.53. The van der Waals surface area contributed by atoms with Gasteiger partial charge in [-0.15, -0.1) is 0 Å². The predicted molar refractivity (Wildman–Crippen MR) is 128 cm³/mol. The van der Waals surface area contributed by atoms with Crippen LogP contribution in [0.5, 0.6) is 17.2 Å². The number of rotatable bonds is 8. The molecule has 2 saturated heterocycles. The lowest BCUT2D eigenvalue weighted by molar-refractivity contribution is -0.149. The molecule has 0 saturated carbocycles. The van der Waals surface area contributed by atoms with Crippen LogP contribution in [-0.2, 0) is 14.4 Å². The van der Waals surface area contributed by atoms with E-state index in [1.54, 1.807) is 42.5 Å². The van der Waals surface area contributed by atoms with E-state index in [9.17, 15) is 19.5 Å². The smallest absolute Gasteiger partial charge is 0.324 e. The molecule has 0 spiro atoms. The maximum absolute atomic E-state index is 13.9. The van der Waals surface area contributed by atoms with Gasteiger partial charge in [0.15, 0.2) is 0 Å². The van der Waals surface area contributed by atoms with Gasteiger partial charge in [-0.05, 0) is 30.5 Å². The Kier molecular flexibility index (Phi) is 6.46. The minimum absolute atomic E-state index is 0.0565. The van der Waals surface area contributed by atoms with Crippen LogP contribution in [0.4, 0.5) is 5.69 Å². The highest BCUT2D eigenvalue weighted by molar-refractivity contribution is 6.24. The van der Waals surface area contributed by atoms with Crippen molar-refractivity contribution in [3.05, 3.63) is 48.0 Å². The number of benzene rings is 2. The fraction of sp³-hybridized carbons (Fsp3) is 0.423. The number of fused-ring (bicyclic) bond motifs is 1. The highest BCUT2D eigenvalue weighted by atomic mass is 16.5. The van der Waals surface area contributed by atoms with Crippen LogP contribution < -0.4 is 24.4 Å². The molecule has 0 aliphatic carbocycles. The molecule has 2 heterocycles. The SMILES string of the molecule is COc1ccc(C2NC(CC(C)C)(C(=O)O)C3C(=O)N(c4ccccc4OC)C(=O)C23)c(OC)c1. The third kappa shape index (κ3) is 3.80. The van der Waals surface area contributed by atoms with Crippen molar-refractivity contribution < 1.29 is 33.7 Å². The van der Waals surface area contributed by atoms with E-state index in [2.05, 4.69) is 5.32 Å². The largest absolute Gasteiger partial charge is 0.497 e. The van der Waals surface area contributed by atoms with Gasteiger partial charge in [-0.1, -0.05) is 32.0 Å². The van der Waals surface area contributed by atoms with E-state index in [0.717, 1.165) is 4.90 Å². The van der Waals surface area contributed by atoms with Gasteiger partial charge in [-0.25, -0.2) is 4.90 Å². The Morgan fingerprint density at radius 3 is 2.31 bits per heavy atom. The first-order chi connectivity index (χ1) is 16.7. The van der Waals surface area contributed by atoms with Gasteiger partial charge in [0.05, 0.1) is 38.9 Å². The van der Waals surface area contributed by atoms with Gasteiger partial charge in [-0.2, -0.15) is 0 Å². The van der Waals surface area contributed by atoms with Crippen molar-refractivity contribution in [2.75, 3.05) is 26.2 Å². The van der Waals surface area contributed by atoms with Gasteiger partial charge in [0.2, 0.25) is 11.8 Å². The number of carboxylic acid groups (broad SMARTS) is 1.